The predicted octanol–water partition coefficient (Wildman–Crippen LogP) is 1.22. The third-order valence-electron chi connectivity index (χ3n) is 3.89. The number of H-pyrrole nitrogens is 1. The minimum absolute atomic E-state index is 0. The van der Waals surface area contributed by atoms with Gasteiger partial charge in [0.15, 0.2) is 5.78 Å². The second-order valence-corrected chi connectivity index (χ2v) is 5.97. The third-order valence-corrected chi connectivity index (χ3v) is 3.89. The van der Waals surface area contributed by atoms with Crippen LogP contribution >= 0.6 is 12.4 Å². The van der Waals surface area contributed by atoms with Crippen molar-refractivity contribution >= 4 is 24.0 Å². The number of benzene rings is 1. The summed E-state index contributed by atoms with van der Waals surface area (Å²) in [5, 5.41) is 0. The number of rotatable bonds is 4. The molecular formula is C17H19ClN4O3. The second-order valence-electron chi connectivity index (χ2n) is 5.97. The van der Waals surface area contributed by atoms with E-state index in [1.54, 1.807) is 0 Å². The van der Waals surface area contributed by atoms with E-state index in [2.05, 4.69) is 15.0 Å². The molecule has 0 aliphatic carbocycles. The molecule has 25 heavy (non-hydrogen) atoms. The fourth-order valence-electron chi connectivity index (χ4n) is 2.67. The standard InChI is InChI=1S/C17H18N4O3.ClH/c1-17(10-24-9-15(18)21-17)12-4-2-3-11(5-12)6-14(22)13-7-20-16(23)8-19-13;/h2-5,7-8H,6,9-10H2,1H3,(H2,18,21)(H,20,23);1H. The summed E-state index contributed by atoms with van der Waals surface area (Å²) in [7, 11) is 0. The van der Waals surface area contributed by atoms with Gasteiger partial charge in [0, 0.05) is 12.6 Å². The lowest BCUT2D eigenvalue weighted by Crippen LogP contribution is -2.37. The Kier molecular flexibility index (Phi) is 5.71. The molecule has 0 spiro atoms. The number of hydrogen-bond acceptors (Lipinski definition) is 6. The molecule has 0 radical (unpaired) electrons. The molecule has 8 heteroatoms. The molecule has 1 atom stereocenters. The fraction of sp³-hybridized carbons (Fsp3) is 0.294. The molecule has 2 aromatic rings. The lowest BCUT2D eigenvalue weighted by molar-refractivity contribution is 0.0987. The Labute approximate surface area is 150 Å². The topological polar surface area (TPSA) is 110 Å². The average molecular weight is 363 g/mol. The number of carbonyl (C=O) groups excluding carboxylic acids is 1. The number of halogens is 1. The van der Waals surface area contributed by atoms with Crippen molar-refractivity contribution in [3.8, 4) is 0 Å². The Balaban J connectivity index is 0.00000225. The van der Waals surface area contributed by atoms with Gasteiger partial charge in [-0.05, 0) is 18.1 Å². The summed E-state index contributed by atoms with van der Waals surface area (Å²) in [6.07, 6.45) is 2.61. The second kappa shape index (κ2) is 7.58. The van der Waals surface area contributed by atoms with Crippen LogP contribution in [0.2, 0.25) is 0 Å². The van der Waals surface area contributed by atoms with Crippen molar-refractivity contribution in [1.82, 2.24) is 9.97 Å². The maximum Gasteiger partial charge on any atom is 0.266 e. The van der Waals surface area contributed by atoms with Gasteiger partial charge < -0.3 is 15.5 Å². The number of carbonyl (C=O) groups is 1. The molecule has 0 amide bonds. The number of nitrogens with one attached hydrogen (secondary N) is 1. The van der Waals surface area contributed by atoms with E-state index in [9.17, 15) is 9.59 Å². The van der Waals surface area contributed by atoms with Gasteiger partial charge >= 0.3 is 0 Å². The lowest BCUT2D eigenvalue weighted by atomic mass is 9.90. The zero-order valence-corrected chi connectivity index (χ0v) is 14.5. The molecule has 0 saturated heterocycles. The van der Waals surface area contributed by atoms with Crippen molar-refractivity contribution < 1.29 is 9.53 Å². The molecule has 0 fully saturated rings. The Bertz CT molecular complexity index is 844. The largest absolute Gasteiger partial charge is 0.386 e. The Morgan fingerprint density at radius 2 is 2.24 bits per heavy atom. The van der Waals surface area contributed by atoms with Crippen molar-refractivity contribution in [2.75, 3.05) is 13.2 Å². The maximum absolute atomic E-state index is 12.3. The Morgan fingerprint density at radius 1 is 1.44 bits per heavy atom. The van der Waals surface area contributed by atoms with E-state index in [0.29, 0.717) is 19.0 Å². The van der Waals surface area contributed by atoms with E-state index in [-0.39, 0.29) is 35.9 Å². The molecular weight excluding hydrogens is 344 g/mol. The van der Waals surface area contributed by atoms with E-state index < -0.39 is 5.54 Å². The molecule has 2 heterocycles. The van der Waals surface area contributed by atoms with E-state index in [1.807, 2.05) is 31.2 Å². The number of nitrogens with two attached hydrogens (primary N) is 1. The van der Waals surface area contributed by atoms with E-state index in [0.717, 1.165) is 17.3 Å². The van der Waals surface area contributed by atoms with Crippen LogP contribution in [0, 0.1) is 0 Å². The van der Waals surface area contributed by atoms with Gasteiger partial charge in [0.1, 0.15) is 23.7 Å². The van der Waals surface area contributed by atoms with Crippen molar-refractivity contribution in [2.45, 2.75) is 18.9 Å². The number of Topliss-reactive ketones (excluding diaryl/α,β-unsaturated/α-hetero) is 1. The number of aliphatic imine (C=N–C) groups is 1. The summed E-state index contributed by atoms with van der Waals surface area (Å²) in [6.45, 7) is 2.72. The van der Waals surface area contributed by atoms with E-state index in [1.165, 1.54) is 6.20 Å². The highest BCUT2D eigenvalue weighted by Gasteiger charge is 2.30. The molecule has 1 aromatic heterocycles. The summed E-state index contributed by atoms with van der Waals surface area (Å²) < 4.78 is 5.49. The van der Waals surface area contributed by atoms with Gasteiger partial charge in [0.25, 0.3) is 5.56 Å². The average Bonchev–Trinajstić information content (AvgIpc) is 2.55. The number of aromatic amines is 1. The molecule has 1 aromatic carbocycles. The number of nitrogens with zero attached hydrogens (tertiary/aromatic N) is 2. The summed E-state index contributed by atoms with van der Waals surface area (Å²) in [6, 6.07) is 7.61. The number of hydrogen-bond donors (Lipinski definition) is 2. The molecule has 7 nitrogen and oxygen atoms in total. The SMILES string of the molecule is CC1(c2cccc(CC(=O)c3c[nH]c(=O)cn3)c2)COCC(N)=N1.Cl. The molecule has 1 aliphatic rings. The van der Waals surface area contributed by atoms with Crippen LogP contribution in [0.5, 0.6) is 0 Å². The first-order chi connectivity index (χ1) is 11.5. The summed E-state index contributed by atoms with van der Waals surface area (Å²) in [5.74, 6) is 0.291. The van der Waals surface area contributed by atoms with Crippen LogP contribution in [-0.4, -0.2) is 34.8 Å². The van der Waals surface area contributed by atoms with Crippen LogP contribution in [-0.2, 0) is 16.7 Å². The van der Waals surface area contributed by atoms with Crippen LogP contribution in [0.25, 0.3) is 0 Å². The highest BCUT2D eigenvalue weighted by Crippen LogP contribution is 2.29. The molecule has 3 N–H and O–H groups in total. The highest BCUT2D eigenvalue weighted by atomic mass is 35.5. The van der Waals surface area contributed by atoms with Gasteiger partial charge in [-0.3, -0.25) is 14.6 Å². The Morgan fingerprint density at radius 3 is 2.92 bits per heavy atom. The number of aromatic nitrogens is 2. The third kappa shape index (κ3) is 4.32. The predicted molar refractivity (Wildman–Crippen MR) is 96.4 cm³/mol. The summed E-state index contributed by atoms with van der Waals surface area (Å²) in [4.78, 5) is 34.1. The molecule has 0 saturated carbocycles. The molecule has 1 unspecified atom stereocenters. The molecule has 1 aliphatic heterocycles. The molecule has 132 valence electrons. The van der Waals surface area contributed by atoms with Gasteiger partial charge in [-0.25, -0.2) is 4.98 Å². The van der Waals surface area contributed by atoms with Crippen LogP contribution in [0.4, 0.5) is 0 Å². The number of ether oxygens (including phenoxy) is 1. The van der Waals surface area contributed by atoms with Gasteiger partial charge in [0.2, 0.25) is 0 Å². The first-order valence-electron chi connectivity index (χ1n) is 7.55. The van der Waals surface area contributed by atoms with E-state index >= 15 is 0 Å². The fourth-order valence-corrected chi connectivity index (χ4v) is 2.67. The van der Waals surface area contributed by atoms with Crippen molar-refractivity contribution in [1.29, 1.82) is 0 Å². The van der Waals surface area contributed by atoms with E-state index in [4.69, 9.17) is 10.5 Å². The first kappa shape index (κ1) is 18.8. The van der Waals surface area contributed by atoms with Gasteiger partial charge in [-0.1, -0.05) is 24.3 Å². The minimum Gasteiger partial charge on any atom is -0.386 e. The minimum atomic E-state index is -0.558. The number of ketones is 1. The van der Waals surface area contributed by atoms with Crippen molar-refractivity contribution in [3.05, 3.63) is 63.8 Å². The maximum atomic E-state index is 12.3. The summed E-state index contributed by atoms with van der Waals surface area (Å²) in [5.41, 5.74) is 6.90. The van der Waals surface area contributed by atoms with Crippen molar-refractivity contribution in [3.63, 3.8) is 0 Å². The smallest absolute Gasteiger partial charge is 0.266 e. The van der Waals surface area contributed by atoms with Crippen LogP contribution in [0.1, 0.15) is 28.5 Å². The Hall–Kier alpha value is -2.51. The molecule has 0 bridgehead atoms. The van der Waals surface area contributed by atoms with Gasteiger partial charge in [-0.2, -0.15) is 0 Å². The zero-order valence-electron chi connectivity index (χ0n) is 13.7. The lowest BCUT2D eigenvalue weighted by Gasteiger charge is -2.30. The quantitative estimate of drug-likeness (QED) is 0.794. The van der Waals surface area contributed by atoms with Gasteiger partial charge in [-0.15, -0.1) is 12.4 Å². The normalized spacial score (nSPS) is 19.6. The zero-order chi connectivity index (χ0) is 17.2. The monoisotopic (exact) mass is 362 g/mol. The van der Waals surface area contributed by atoms with Crippen LogP contribution in [0.3, 0.4) is 0 Å². The van der Waals surface area contributed by atoms with Crippen molar-refractivity contribution in [2.24, 2.45) is 10.7 Å². The summed E-state index contributed by atoms with van der Waals surface area (Å²) >= 11 is 0. The van der Waals surface area contributed by atoms with Gasteiger partial charge in [0.05, 0.1) is 12.8 Å². The van der Waals surface area contributed by atoms with Crippen LogP contribution < -0.4 is 11.3 Å². The number of amidine groups is 1. The first-order valence-corrected chi connectivity index (χ1v) is 7.55. The van der Waals surface area contributed by atoms with Crippen LogP contribution in [0.15, 0.2) is 46.4 Å². The highest BCUT2D eigenvalue weighted by molar-refractivity contribution is 5.95. The molecule has 3 rings (SSSR count).